The Morgan fingerprint density at radius 3 is 2.81 bits per heavy atom. The molecule has 2 rings (SSSR count). The SMILES string of the molecule is COc1ccc2c(CO)cc(=O)oc2c1O. The fourth-order valence-electron chi connectivity index (χ4n) is 1.55. The zero-order chi connectivity index (χ0) is 11.7. The van der Waals surface area contributed by atoms with Crippen LogP contribution in [0.25, 0.3) is 11.0 Å². The van der Waals surface area contributed by atoms with Gasteiger partial charge in [-0.25, -0.2) is 4.79 Å². The molecule has 1 aromatic carbocycles. The number of phenols is 1. The van der Waals surface area contributed by atoms with Gasteiger partial charge < -0.3 is 19.4 Å². The Hall–Kier alpha value is -2.01. The van der Waals surface area contributed by atoms with Crippen molar-refractivity contribution >= 4 is 11.0 Å². The van der Waals surface area contributed by atoms with Gasteiger partial charge in [-0.1, -0.05) is 0 Å². The van der Waals surface area contributed by atoms with E-state index in [0.717, 1.165) is 0 Å². The van der Waals surface area contributed by atoms with Crippen LogP contribution in [-0.4, -0.2) is 17.3 Å². The average Bonchev–Trinajstić information content (AvgIpc) is 2.29. The molecule has 0 amide bonds. The van der Waals surface area contributed by atoms with Crippen molar-refractivity contribution in [1.29, 1.82) is 0 Å². The minimum atomic E-state index is -0.625. The van der Waals surface area contributed by atoms with Gasteiger partial charge in [-0.2, -0.15) is 0 Å². The predicted octanol–water partition coefficient (Wildman–Crippen LogP) is 0.999. The van der Waals surface area contributed by atoms with Gasteiger partial charge in [0, 0.05) is 11.5 Å². The molecule has 16 heavy (non-hydrogen) atoms. The van der Waals surface area contributed by atoms with Crippen molar-refractivity contribution in [3.63, 3.8) is 0 Å². The van der Waals surface area contributed by atoms with E-state index >= 15 is 0 Å². The van der Waals surface area contributed by atoms with Crippen LogP contribution in [0.15, 0.2) is 27.4 Å². The molecular formula is C11H10O5. The Labute approximate surface area is 90.5 Å². The number of methoxy groups -OCH3 is 1. The van der Waals surface area contributed by atoms with E-state index in [1.54, 1.807) is 6.07 Å². The standard InChI is InChI=1S/C11H10O5/c1-15-8-3-2-7-6(5-12)4-9(13)16-11(7)10(8)14/h2-4,12,14H,5H2,1H3. The van der Waals surface area contributed by atoms with Gasteiger partial charge in [0.25, 0.3) is 0 Å². The lowest BCUT2D eigenvalue weighted by Crippen LogP contribution is -2.01. The third-order valence-electron chi connectivity index (χ3n) is 2.33. The van der Waals surface area contributed by atoms with Gasteiger partial charge in [0.05, 0.1) is 13.7 Å². The summed E-state index contributed by atoms with van der Waals surface area (Å²) >= 11 is 0. The van der Waals surface area contributed by atoms with Crippen molar-refractivity contribution in [1.82, 2.24) is 0 Å². The van der Waals surface area contributed by atoms with E-state index in [1.807, 2.05) is 0 Å². The molecule has 0 atom stereocenters. The summed E-state index contributed by atoms with van der Waals surface area (Å²) in [7, 11) is 1.40. The number of benzene rings is 1. The van der Waals surface area contributed by atoms with Crippen LogP contribution >= 0.6 is 0 Å². The number of rotatable bonds is 2. The summed E-state index contributed by atoms with van der Waals surface area (Å²) in [6.45, 7) is -0.298. The molecule has 0 aliphatic heterocycles. The summed E-state index contributed by atoms with van der Waals surface area (Å²) < 4.78 is 9.77. The third-order valence-corrected chi connectivity index (χ3v) is 2.33. The van der Waals surface area contributed by atoms with Gasteiger partial charge in [0.15, 0.2) is 11.3 Å². The van der Waals surface area contributed by atoms with Crippen LogP contribution in [0, 0.1) is 0 Å². The molecule has 2 aromatic rings. The van der Waals surface area contributed by atoms with Gasteiger partial charge >= 0.3 is 5.63 Å². The highest BCUT2D eigenvalue weighted by Gasteiger charge is 2.12. The van der Waals surface area contributed by atoms with E-state index in [1.165, 1.54) is 19.2 Å². The fourth-order valence-corrected chi connectivity index (χ4v) is 1.55. The highest BCUT2D eigenvalue weighted by molar-refractivity contribution is 5.87. The second-order valence-electron chi connectivity index (χ2n) is 3.24. The lowest BCUT2D eigenvalue weighted by atomic mass is 10.1. The fraction of sp³-hybridized carbons (Fsp3) is 0.182. The molecule has 0 aliphatic carbocycles. The number of fused-ring (bicyclic) bond motifs is 1. The van der Waals surface area contributed by atoms with Gasteiger partial charge in [0.2, 0.25) is 5.75 Å². The third kappa shape index (κ3) is 1.51. The number of hydrogen-bond donors (Lipinski definition) is 2. The second-order valence-corrected chi connectivity index (χ2v) is 3.24. The Bertz CT molecular complexity index is 585. The molecule has 0 aliphatic rings. The van der Waals surface area contributed by atoms with Gasteiger partial charge in [-0.15, -0.1) is 0 Å². The molecular weight excluding hydrogens is 212 g/mol. The van der Waals surface area contributed by atoms with Crippen molar-refractivity contribution in [2.45, 2.75) is 6.61 Å². The zero-order valence-electron chi connectivity index (χ0n) is 8.56. The second kappa shape index (κ2) is 3.86. The smallest absolute Gasteiger partial charge is 0.336 e. The highest BCUT2D eigenvalue weighted by atomic mass is 16.5. The molecule has 0 saturated heterocycles. The van der Waals surface area contributed by atoms with Crippen molar-refractivity contribution < 1.29 is 19.4 Å². The summed E-state index contributed by atoms with van der Waals surface area (Å²) in [6, 6.07) is 4.34. The van der Waals surface area contributed by atoms with Crippen LogP contribution in [-0.2, 0) is 6.61 Å². The number of aliphatic hydroxyl groups is 1. The van der Waals surface area contributed by atoms with Crippen molar-refractivity contribution in [2.24, 2.45) is 0 Å². The number of ether oxygens (including phenoxy) is 1. The lowest BCUT2D eigenvalue weighted by Gasteiger charge is -2.07. The quantitative estimate of drug-likeness (QED) is 0.741. The van der Waals surface area contributed by atoms with E-state index in [0.29, 0.717) is 10.9 Å². The highest BCUT2D eigenvalue weighted by Crippen LogP contribution is 2.34. The Morgan fingerprint density at radius 1 is 1.44 bits per heavy atom. The molecule has 0 bridgehead atoms. The molecule has 5 heteroatoms. The molecule has 5 nitrogen and oxygen atoms in total. The first-order valence-electron chi connectivity index (χ1n) is 4.61. The monoisotopic (exact) mass is 222 g/mol. The largest absolute Gasteiger partial charge is 0.502 e. The number of aromatic hydroxyl groups is 1. The molecule has 0 fully saturated rings. The van der Waals surface area contributed by atoms with Gasteiger partial charge in [-0.05, 0) is 17.7 Å². The number of hydrogen-bond acceptors (Lipinski definition) is 5. The van der Waals surface area contributed by atoms with Crippen molar-refractivity contribution in [3.05, 3.63) is 34.2 Å². The molecule has 84 valence electrons. The van der Waals surface area contributed by atoms with Crippen LogP contribution < -0.4 is 10.4 Å². The number of phenolic OH excluding ortho intramolecular Hbond substituents is 1. The molecule has 2 N–H and O–H groups in total. The molecule has 0 radical (unpaired) electrons. The van der Waals surface area contributed by atoms with Gasteiger partial charge in [-0.3, -0.25) is 0 Å². The Balaban J connectivity index is 2.88. The Kier molecular flexibility index (Phi) is 2.54. The predicted molar refractivity (Wildman–Crippen MR) is 56.6 cm³/mol. The normalized spacial score (nSPS) is 10.6. The molecule has 1 heterocycles. The first-order valence-corrected chi connectivity index (χ1v) is 4.61. The Morgan fingerprint density at radius 2 is 2.19 bits per heavy atom. The maximum atomic E-state index is 11.2. The first-order chi connectivity index (χ1) is 7.67. The van der Waals surface area contributed by atoms with Crippen LogP contribution in [0.1, 0.15) is 5.56 Å². The number of aliphatic hydroxyl groups excluding tert-OH is 1. The molecule has 0 unspecified atom stereocenters. The van der Waals surface area contributed by atoms with Crippen LogP contribution in [0.4, 0.5) is 0 Å². The zero-order valence-corrected chi connectivity index (χ0v) is 8.56. The first kappa shape index (κ1) is 10.5. The maximum Gasteiger partial charge on any atom is 0.336 e. The maximum absolute atomic E-state index is 11.2. The van der Waals surface area contributed by atoms with E-state index in [-0.39, 0.29) is 23.7 Å². The molecule has 1 aromatic heterocycles. The topological polar surface area (TPSA) is 79.9 Å². The van der Waals surface area contributed by atoms with Crippen molar-refractivity contribution in [3.8, 4) is 11.5 Å². The van der Waals surface area contributed by atoms with E-state index < -0.39 is 5.63 Å². The summed E-state index contributed by atoms with van der Waals surface area (Å²) in [6.07, 6.45) is 0. The van der Waals surface area contributed by atoms with Crippen LogP contribution in [0.5, 0.6) is 11.5 Å². The summed E-state index contributed by atoms with van der Waals surface area (Å²) in [5, 5.41) is 19.3. The minimum absolute atomic E-state index is 0.0240. The van der Waals surface area contributed by atoms with Crippen molar-refractivity contribution in [2.75, 3.05) is 7.11 Å². The summed E-state index contributed by atoms with van der Waals surface area (Å²) in [5.41, 5.74) is -0.194. The van der Waals surface area contributed by atoms with Crippen LogP contribution in [0.3, 0.4) is 0 Å². The van der Waals surface area contributed by atoms with Gasteiger partial charge in [0.1, 0.15) is 0 Å². The lowest BCUT2D eigenvalue weighted by molar-refractivity contribution is 0.282. The van der Waals surface area contributed by atoms with E-state index in [9.17, 15) is 9.90 Å². The minimum Gasteiger partial charge on any atom is -0.502 e. The molecule has 0 spiro atoms. The summed E-state index contributed by atoms with van der Waals surface area (Å²) in [5.74, 6) is -0.0295. The molecule has 0 saturated carbocycles. The van der Waals surface area contributed by atoms with E-state index in [2.05, 4.69) is 0 Å². The summed E-state index contributed by atoms with van der Waals surface area (Å²) in [4.78, 5) is 11.2. The average molecular weight is 222 g/mol. The van der Waals surface area contributed by atoms with Crippen LogP contribution in [0.2, 0.25) is 0 Å². The van der Waals surface area contributed by atoms with E-state index in [4.69, 9.17) is 14.3 Å².